The highest BCUT2D eigenvalue weighted by Gasteiger charge is 2.05. The Morgan fingerprint density at radius 3 is 3.08 bits per heavy atom. The highest BCUT2D eigenvalue weighted by molar-refractivity contribution is 5.85. The number of nitrogens with two attached hydrogens (primary N) is 1. The van der Waals surface area contributed by atoms with Gasteiger partial charge in [-0.15, -0.1) is 0 Å². The molecule has 2 heterocycles. The van der Waals surface area contributed by atoms with Crippen molar-refractivity contribution in [2.24, 2.45) is 5.73 Å². The Labute approximate surface area is 67.8 Å². The fourth-order valence-corrected chi connectivity index (χ4v) is 1.01. The first-order chi connectivity index (χ1) is 5.79. The highest BCUT2D eigenvalue weighted by atomic mass is 16.2. The molecule has 2 aromatic heterocycles. The number of hydrogen-bond acceptors (Lipinski definition) is 3. The predicted molar refractivity (Wildman–Crippen MR) is 42.5 cm³/mol. The average Bonchev–Trinajstić information content (AvgIpc) is 2.47. The molecule has 5 nitrogen and oxygen atoms in total. The van der Waals surface area contributed by atoms with Gasteiger partial charge in [0.25, 0.3) is 0 Å². The van der Waals surface area contributed by atoms with E-state index in [0.717, 1.165) is 0 Å². The third-order valence-electron chi connectivity index (χ3n) is 1.54. The average molecular weight is 162 g/mol. The van der Waals surface area contributed by atoms with E-state index in [1.165, 1.54) is 10.9 Å². The first-order valence-electron chi connectivity index (χ1n) is 3.37. The molecule has 0 saturated heterocycles. The molecule has 0 aliphatic carbocycles. The van der Waals surface area contributed by atoms with Crippen molar-refractivity contribution < 1.29 is 4.79 Å². The third kappa shape index (κ3) is 0.833. The smallest absolute Gasteiger partial charge is 0.325 e. The van der Waals surface area contributed by atoms with Crippen LogP contribution in [-0.4, -0.2) is 20.6 Å². The van der Waals surface area contributed by atoms with E-state index in [0.29, 0.717) is 11.2 Å². The van der Waals surface area contributed by atoms with Crippen LogP contribution in [0.1, 0.15) is 0 Å². The number of primary amides is 1. The van der Waals surface area contributed by atoms with Gasteiger partial charge in [-0.1, -0.05) is 0 Å². The van der Waals surface area contributed by atoms with Crippen molar-refractivity contribution in [2.45, 2.75) is 0 Å². The van der Waals surface area contributed by atoms with Crippen LogP contribution in [0.4, 0.5) is 4.79 Å². The summed E-state index contributed by atoms with van der Waals surface area (Å²) in [4.78, 5) is 18.7. The second kappa shape index (κ2) is 2.30. The number of hydrogen-bond donors (Lipinski definition) is 1. The lowest BCUT2D eigenvalue weighted by Crippen LogP contribution is -2.18. The minimum Gasteiger partial charge on any atom is -0.351 e. The number of pyridine rings is 1. The molecule has 2 aromatic rings. The Balaban J connectivity index is 2.79. The molecule has 0 aliphatic heterocycles. The summed E-state index contributed by atoms with van der Waals surface area (Å²) in [6.07, 6.45) is 2.95. The Bertz CT molecular complexity index is 434. The largest absolute Gasteiger partial charge is 0.351 e. The standard InChI is InChI=1S/C7H6N4O/c8-7(12)11-4-10-5-2-1-3-9-6(5)11/h1-4H,(H2,8,12). The minimum atomic E-state index is -0.573. The maximum atomic E-state index is 10.8. The van der Waals surface area contributed by atoms with Crippen LogP contribution in [0.2, 0.25) is 0 Å². The van der Waals surface area contributed by atoms with Crippen molar-refractivity contribution in [1.82, 2.24) is 14.5 Å². The van der Waals surface area contributed by atoms with Gasteiger partial charge < -0.3 is 5.73 Å². The fourth-order valence-electron chi connectivity index (χ4n) is 1.01. The number of aromatic nitrogens is 3. The van der Waals surface area contributed by atoms with Gasteiger partial charge in [-0.05, 0) is 12.1 Å². The molecular formula is C7H6N4O. The van der Waals surface area contributed by atoms with Gasteiger partial charge in [-0.2, -0.15) is 0 Å². The molecule has 0 saturated carbocycles. The van der Waals surface area contributed by atoms with Gasteiger partial charge in [-0.3, -0.25) is 0 Å². The van der Waals surface area contributed by atoms with Gasteiger partial charge in [0, 0.05) is 6.20 Å². The number of imidazole rings is 1. The second-order valence-electron chi connectivity index (χ2n) is 2.30. The SMILES string of the molecule is NC(=O)n1cnc2cccnc21. The van der Waals surface area contributed by atoms with Gasteiger partial charge >= 0.3 is 6.03 Å². The zero-order valence-corrected chi connectivity index (χ0v) is 6.14. The maximum absolute atomic E-state index is 10.8. The van der Waals surface area contributed by atoms with Crippen LogP contribution in [0.5, 0.6) is 0 Å². The van der Waals surface area contributed by atoms with Crippen LogP contribution >= 0.6 is 0 Å². The summed E-state index contributed by atoms with van der Waals surface area (Å²) in [5, 5.41) is 0. The first-order valence-corrected chi connectivity index (χ1v) is 3.37. The molecule has 5 heteroatoms. The van der Waals surface area contributed by atoms with E-state index in [1.807, 2.05) is 0 Å². The van der Waals surface area contributed by atoms with Crippen LogP contribution in [0, 0.1) is 0 Å². The summed E-state index contributed by atoms with van der Waals surface area (Å²) in [6, 6.07) is 2.94. The lowest BCUT2D eigenvalue weighted by atomic mass is 10.4. The number of rotatable bonds is 0. The molecule has 1 amide bonds. The molecule has 0 radical (unpaired) electrons. The van der Waals surface area contributed by atoms with Crippen LogP contribution in [0.3, 0.4) is 0 Å². The summed E-state index contributed by atoms with van der Waals surface area (Å²) >= 11 is 0. The molecule has 0 unspecified atom stereocenters. The van der Waals surface area contributed by atoms with Crippen molar-refractivity contribution in [3.05, 3.63) is 24.7 Å². The highest BCUT2D eigenvalue weighted by Crippen LogP contribution is 2.06. The van der Waals surface area contributed by atoms with Crippen molar-refractivity contribution >= 4 is 17.2 Å². The molecule has 0 bridgehead atoms. The predicted octanol–water partition coefficient (Wildman–Crippen LogP) is 0.358. The van der Waals surface area contributed by atoms with Crippen LogP contribution in [0.15, 0.2) is 24.7 Å². The van der Waals surface area contributed by atoms with Gasteiger partial charge in [0.2, 0.25) is 0 Å². The van der Waals surface area contributed by atoms with Crippen molar-refractivity contribution in [3.63, 3.8) is 0 Å². The lowest BCUT2D eigenvalue weighted by molar-refractivity contribution is 0.251. The van der Waals surface area contributed by atoms with Crippen molar-refractivity contribution in [3.8, 4) is 0 Å². The molecule has 60 valence electrons. The first kappa shape index (κ1) is 6.78. The Morgan fingerprint density at radius 1 is 1.50 bits per heavy atom. The summed E-state index contributed by atoms with van der Waals surface area (Å²) in [5.74, 6) is 0. The Kier molecular flexibility index (Phi) is 1.30. The normalized spacial score (nSPS) is 10.3. The van der Waals surface area contributed by atoms with E-state index in [1.54, 1.807) is 18.3 Å². The fraction of sp³-hybridized carbons (Fsp3) is 0. The number of amides is 1. The van der Waals surface area contributed by atoms with Gasteiger partial charge in [0.15, 0.2) is 5.65 Å². The second-order valence-corrected chi connectivity index (χ2v) is 2.30. The molecule has 0 aliphatic rings. The van der Waals surface area contributed by atoms with Crippen LogP contribution < -0.4 is 5.73 Å². The third-order valence-corrected chi connectivity index (χ3v) is 1.54. The van der Waals surface area contributed by atoms with E-state index in [9.17, 15) is 4.79 Å². The van der Waals surface area contributed by atoms with E-state index in [2.05, 4.69) is 9.97 Å². The van der Waals surface area contributed by atoms with Gasteiger partial charge in [0.1, 0.15) is 11.8 Å². The number of nitrogens with zero attached hydrogens (tertiary/aromatic N) is 3. The minimum absolute atomic E-state index is 0.491. The molecule has 0 atom stereocenters. The molecule has 0 spiro atoms. The zero-order chi connectivity index (χ0) is 8.55. The van der Waals surface area contributed by atoms with Crippen molar-refractivity contribution in [1.29, 1.82) is 0 Å². The molecule has 0 aromatic carbocycles. The number of fused-ring (bicyclic) bond motifs is 1. The quantitative estimate of drug-likeness (QED) is 0.607. The Morgan fingerprint density at radius 2 is 2.33 bits per heavy atom. The summed E-state index contributed by atoms with van der Waals surface area (Å²) < 4.78 is 1.20. The number of carbonyl (C=O) groups is 1. The van der Waals surface area contributed by atoms with Crippen LogP contribution in [0.25, 0.3) is 11.2 Å². The van der Waals surface area contributed by atoms with E-state index < -0.39 is 6.03 Å². The molecular weight excluding hydrogens is 156 g/mol. The van der Waals surface area contributed by atoms with Gasteiger partial charge in [0.05, 0.1) is 0 Å². The molecule has 2 N–H and O–H groups in total. The topological polar surface area (TPSA) is 73.8 Å². The van der Waals surface area contributed by atoms with Crippen LogP contribution in [-0.2, 0) is 0 Å². The van der Waals surface area contributed by atoms with E-state index in [-0.39, 0.29) is 0 Å². The zero-order valence-electron chi connectivity index (χ0n) is 6.14. The molecule has 12 heavy (non-hydrogen) atoms. The molecule has 0 fully saturated rings. The maximum Gasteiger partial charge on any atom is 0.325 e. The monoisotopic (exact) mass is 162 g/mol. The summed E-state index contributed by atoms with van der Waals surface area (Å²) in [5.41, 5.74) is 6.22. The van der Waals surface area contributed by atoms with E-state index >= 15 is 0 Å². The Hall–Kier alpha value is -1.91. The van der Waals surface area contributed by atoms with Crippen molar-refractivity contribution in [2.75, 3.05) is 0 Å². The number of carbonyl (C=O) groups excluding carboxylic acids is 1. The molecule has 2 rings (SSSR count). The summed E-state index contributed by atoms with van der Waals surface area (Å²) in [6.45, 7) is 0. The summed E-state index contributed by atoms with van der Waals surface area (Å²) in [7, 11) is 0. The lowest BCUT2D eigenvalue weighted by Gasteiger charge is -1.93. The van der Waals surface area contributed by atoms with Gasteiger partial charge in [-0.25, -0.2) is 19.3 Å². The van der Waals surface area contributed by atoms with E-state index in [4.69, 9.17) is 5.73 Å².